The monoisotopic (exact) mass is 448 g/mol. The molecule has 1 amide bonds. The van der Waals surface area contributed by atoms with Gasteiger partial charge in [-0.3, -0.25) is 4.79 Å². The number of carbonyl (C=O) groups is 3. The minimum atomic E-state index is -3.76. The van der Waals surface area contributed by atoms with Gasteiger partial charge in [-0.25, -0.2) is 22.7 Å². The summed E-state index contributed by atoms with van der Waals surface area (Å²) in [5.74, 6) is -2.02. The van der Waals surface area contributed by atoms with Crippen molar-refractivity contribution >= 4 is 33.6 Å². The highest BCUT2D eigenvalue weighted by molar-refractivity contribution is 7.89. The highest BCUT2D eigenvalue weighted by Gasteiger charge is 2.18. The number of esters is 2. The number of benzene rings is 2. The smallest absolute Gasteiger partial charge is 0.337 e. The Morgan fingerprint density at radius 2 is 1.52 bits per heavy atom. The van der Waals surface area contributed by atoms with Crippen LogP contribution in [-0.2, 0) is 19.5 Å². The maximum Gasteiger partial charge on any atom is 0.337 e. The van der Waals surface area contributed by atoms with Gasteiger partial charge in [-0.15, -0.1) is 0 Å². The van der Waals surface area contributed by atoms with Crippen molar-refractivity contribution in [3.8, 4) is 0 Å². The normalized spacial score (nSPS) is 10.9. The summed E-state index contributed by atoms with van der Waals surface area (Å²) >= 11 is 0. The van der Waals surface area contributed by atoms with Crippen molar-refractivity contribution in [1.82, 2.24) is 4.72 Å². The summed E-state index contributed by atoms with van der Waals surface area (Å²) < 4.78 is 36.6. The van der Waals surface area contributed by atoms with Crippen LogP contribution in [0.25, 0.3) is 0 Å². The van der Waals surface area contributed by atoms with Crippen molar-refractivity contribution < 1.29 is 32.3 Å². The first-order chi connectivity index (χ1) is 14.7. The van der Waals surface area contributed by atoms with Gasteiger partial charge in [0, 0.05) is 17.8 Å². The average Bonchev–Trinajstić information content (AvgIpc) is 2.77. The highest BCUT2D eigenvalue weighted by Crippen LogP contribution is 2.19. The van der Waals surface area contributed by atoms with Crippen LogP contribution in [0.3, 0.4) is 0 Å². The molecule has 0 spiro atoms. The molecule has 10 heteroatoms. The van der Waals surface area contributed by atoms with Crippen LogP contribution in [0.4, 0.5) is 5.69 Å². The summed E-state index contributed by atoms with van der Waals surface area (Å²) in [4.78, 5) is 36.4. The molecule has 0 radical (unpaired) electrons. The Morgan fingerprint density at radius 1 is 0.903 bits per heavy atom. The van der Waals surface area contributed by atoms with Gasteiger partial charge in [-0.1, -0.05) is 19.4 Å². The van der Waals surface area contributed by atoms with E-state index in [1.54, 1.807) is 0 Å². The van der Waals surface area contributed by atoms with Crippen LogP contribution in [0.1, 0.15) is 50.8 Å². The first-order valence-electron chi connectivity index (χ1n) is 9.44. The number of methoxy groups -OCH3 is 2. The predicted molar refractivity (Wildman–Crippen MR) is 114 cm³/mol. The summed E-state index contributed by atoms with van der Waals surface area (Å²) in [6.45, 7) is 2.24. The Balaban J connectivity index is 2.31. The zero-order valence-corrected chi connectivity index (χ0v) is 18.2. The summed E-state index contributed by atoms with van der Waals surface area (Å²) in [5, 5.41) is 2.56. The summed E-state index contributed by atoms with van der Waals surface area (Å²) in [5.41, 5.74) is 0.304. The second-order valence-electron chi connectivity index (χ2n) is 6.52. The minimum absolute atomic E-state index is 0.0390. The third-order valence-electron chi connectivity index (χ3n) is 4.26. The minimum Gasteiger partial charge on any atom is -0.465 e. The van der Waals surface area contributed by atoms with Crippen molar-refractivity contribution in [1.29, 1.82) is 0 Å². The van der Waals surface area contributed by atoms with Crippen LogP contribution in [0, 0.1) is 0 Å². The molecule has 0 unspecified atom stereocenters. The summed E-state index contributed by atoms with van der Waals surface area (Å²) in [6.07, 6.45) is 1.53. The maximum absolute atomic E-state index is 12.7. The topological polar surface area (TPSA) is 128 Å². The van der Waals surface area contributed by atoms with Gasteiger partial charge >= 0.3 is 11.9 Å². The zero-order chi connectivity index (χ0) is 23.0. The average molecular weight is 448 g/mol. The van der Waals surface area contributed by atoms with Gasteiger partial charge in [0.1, 0.15) is 0 Å². The molecule has 0 aliphatic rings. The van der Waals surface area contributed by atoms with Crippen LogP contribution < -0.4 is 10.0 Å². The van der Waals surface area contributed by atoms with Gasteiger partial charge in [-0.2, -0.15) is 0 Å². The molecule has 0 atom stereocenters. The predicted octanol–water partition coefficient (Wildman–Crippen LogP) is 2.59. The molecule has 0 fully saturated rings. The van der Waals surface area contributed by atoms with Crippen molar-refractivity contribution in [2.45, 2.75) is 24.7 Å². The zero-order valence-electron chi connectivity index (χ0n) is 17.4. The summed E-state index contributed by atoms with van der Waals surface area (Å²) in [7, 11) is -1.38. The Morgan fingerprint density at radius 3 is 2.06 bits per heavy atom. The van der Waals surface area contributed by atoms with Crippen molar-refractivity contribution in [3.63, 3.8) is 0 Å². The van der Waals surface area contributed by atoms with Crippen LogP contribution in [-0.4, -0.2) is 47.0 Å². The van der Waals surface area contributed by atoms with Crippen molar-refractivity contribution in [3.05, 3.63) is 59.2 Å². The Labute approximate surface area is 180 Å². The number of amides is 1. The fourth-order valence-corrected chi connectivity index (χ4v) is 3.77. The first-order valence-corrected chi connectivity index (χ1v) is 10.9. The number of nitrogens with one attached hydrogen (secondary N) is 2. The van der Waals surface area contributed by atoms with E-state index in [0.717, 1.165) is 6.42 Å². The number of hydrogen-bond acceptors (Lipinski definition) is 7. The number of hydrogen-bond donors (Lipinski definition) is 2. The molecule has 2 aromatic carbocycles. The van der Waals surface area contributed by atoms with Crippen LogP contribution in [0.15, 0.2) is 47.4 Å². The van der Waals surface area contributed by atoms with E-state index in [9.17, 15) is 22.8 Å². The molecule has 2 rings (SSSR count). The lowest BCUT2D eigenvalue weighted by atomic mass is 10.1. The lowest BCUT2D eigenvalue weighted by Gasteiger charge is -2.11. The highest BCUT2D eigenvalue weighted by atomic mass is 32.2. The molecule has 2 N–H and O–H groups in total. The van der Waals surface area contributed by atoms with Gasteiger partial charge in [0.05, 0.1) is 30.2 Å². The van der Waals surface area contributed by atoms with Crippen LogP contribution in [0.5, 0.6) is 0 Å². The standard InChI is InChI=1S/C21H24N2O7S/c1-4-5-9-22-31(27,28)18-8-6-7-14(13-18)19(24)23-17-11-15(20(25)29-2)10-16(12-17)21(26)30-3/h6-8,10-13,22H,4-5,9H2,1-3H3,(H,23,24). The molecule has 166 valence electrons. The molecule has 0 aliphatic heterocycles. The van der Waals surface area contributed by atoms with Gasteiger partial charge in [0.2, 0.25) is 10.0 Å². The van der Waals surface area contributed by atoms with Gasteiger partial charge in [-0.05, 0) is 42.8 Å². The number of anilines is 1. The van der Waals surface area contributed by atoms with E-state index < -0.39 is 27.9 Å². The van der Waals surface area contributed by atoms with Crippen LogP contribution in [0.2, 0.25) is 0 Å². The molecule has 0 saturated heterocycles. The maximum atomic E-state index is 12.7. The van der Waals surface area contributed by atoms with Gasteiger partial charge in [0.25, 0.3) is 5.91 Å². The second kappa shape index (κ2) is 10.7. The molecular formula is C21H24N2O7S. The number of carbonyl (C=O) groups excluding carboxylic acids is 3. The van der Waals surface area contributed by atoms with E-state index in [0.29, 0.717) is 13.0 Å². The van der Waals surface area contributed by atoms with E-state index in [-0.39, 0.29) is 27.3 Å². The molecule has 2 aromatic rings. The molecule has 0 aliphatic carbocycles. The van der Waals surface area contributed by atoms with Crippen molar-refractivity contribution in [2.75, 3.05) is 26.1 Å². The molecule has 31 heavy (non-hydrogen) atoms. The lowest BCUT2D eigenvalue weighted by Crippen LogP contribution is -2.25. The second-order valence-corrected chi connectivity index (χ2v) is 8.28. The Hall–Kier alpha value is -3.24. The van der Waals surface area contributed by atoms with E-state index in [1.165, 1.54) is 56.7 Å². The largest absolute Gasteiger partial charge is 0.465 e. The van der Waals surface area contributed by atoms with E-state index >= 15 is 0 Å². The number of rotatable bonds is 9. The van der Waals surface area contributed by atoms with E-state index in [4.69, 9.17) is 0 Å². The quantitative estimate of drug-likeness (QED) is 0.446. The molecular weight excluding hydrogens is 424 g/mol. The number of unbranched alkanes of at least 4 members (excludes halogenated alkanes) is 1. The number of sulfonamides is 1. The van der Waals surface area contributed by atoms with Gasteiger partial charge < -0.3 is 14.8 Å². The Kier molecular flexibility index (Phi) is 8.29. The third kappa shape index (κ3) is 6.37. The molecule has 9 nitrogen and oxygen atoms in total. The fraction of sp³-hybridized carbons (Fsp3) is 0.286. The van der Waals surface area contributed by atoms with Crippen LogP contribution >= 0.6 is 0 Å². The third-order valence-corrected chi connectivity index (χ3v) is 5.72. The molecule has 0 aromatic heterocycles. The lowest BCUT2D eigenvalue weighted by molar-refractivity contribution is 0.0598. The molecule has 0 saturated carbocycles. The van der Waals surface area contributed by atoms with E-state index in [1.807, 2.05) is 6.92 Å². The van der Waals surface area contributed by atoms with E-state index in [2.05, 4.69) is 19.5 Å². The fourth-order valence-electron chi connectivity index (χ4n) is 2.65. The Bertz CT molecular complexity index is 1050. The van der Waals surface area contributed by atoms with Gasteiger partial charge in [0.15, 0.2) is 0 Å². The first kappa shape index (κ1) is 24.0. The summed E-state index contributed by atoms with van der Waals surface area (Å²) in [6, 6.07) is 9.49. The molecule has 0 heterocycles. The number of ether oxygens (including phenoxy) is 2. The SMILES string of the molecule is CCCCNS(=O)(=O)c1cccc(C(=O)Nc2cc(C(=O)OC)cc(C(=O)OC)c2)c1. The van der Waals surface area contributed by atoms with Crippen molar-refractivity contribution in [2.24, 2.45) is 0 Å². The molecule has 0 bridgehead atoms.